The molecule has 3 aromatic heterocycles. The number of benzene rings is 1. The summed E-state index contributed by atoms with van der Waals surface area (Å²) < 4.78 is 39.3. The highest BCUT2D eigenvalue weighted by molar-refractivity contribution is 5.94. The molecule has 9 nitrogen and oxygen atoms in total. The van der Waals surface area contributed by atoms with Crippen LogP contribution >= 0.6 is 0 Å². The minimum Gasteiger partial charge on any atom is -0.367 e. The van der Waals surface area contributed by atoms with Crippen molar-refractivity contribution in [3.8, 4) is 11.3 Å². The molecule has 0 aliphatic carbocycles. The first-order chi connectivity index (χ1) is 21.2. The number of hydrogen-bond donors (Lipinski definition) is 4. The fourth-order valence-corrected chi connectivity index (χ4v) is 5.56. The molecule has 1 unspecified atom stereocenters. The summed E-state index contributed by atoms with van der Waals surface area (Å²) in [6.07, 6.45) is 0.978. The average molecular weight is 603 g/mol. The Morgan fingerprint density at radius 3 is 2.52 bits per heavy atom. The number of carbonyl (C=O) groups is 1. The summed E-state index contributed by atoms with van der Waals surface area (Å²) in [7, 11) is 0. The highest BCUT2D eigenvalue weighted by Gasteiger charge is 2.31. The van der Waals surface area contributed by atoms with Crippen LogP contribution in [0.4, 0.5) is 30.6 Å². The van der Waals surface area contributed by atoms with E-state index in [0.29, 0.717) is 30.2 Å². The van der Waals surface area contributed by atoms with Crippen LogP contribution < -0.4 is 21.5 Å². The maximum Gasteiger partial charge on any atom is 0.416 e. The quantitative estimate of drug-likeness (QED) is 0.208. The van der Waals surface area contributed by atoms with Crippen LogP contribution in [-0.2, 0) is 6.18 Å². The number of aryl methyl sites for hydroxylation is 1. The Morgan fingerprint density at radius 2 is 1.80 bits per heavy atom. The largest absolute Gasteiger partial charge is 0.416 e. The second-order valence-corrected chi connectivity index (χ2v) is 11.1. The van der Waals surface area contributed by atoms with Crippen LogP contribution in [0.25, 0.3) is 11.3 Å². The first-order valence-corrected chi connectivity index (χ1v) is 14.6. The zero-order valence-electron chi connectivity index (χ0n) is 24.2. The molecule has 2 aliphatic heterocycles. The van der Waals surface area contributed by atoms with Gasteiger partial charge in [0.25, 0.3) is 5.91 Å². The Morgan fingerprint density at radius 1 is 0.955 bits per heavy atom. The highest BCUT2D eigenvalue weighted by Crippen LogP contribution is 2.31. The molecule has 4 aromatic rings. The van der Waals surface area contributed by atoms with Crippen LogP contribution in [0.2, 0.25) is 0 Å². The van der Waals surface area contributed by atoms with E-state index in [1.165, 1.54) is 0 Å². The second kappa shape index (κ2) is 12.6. The fourth-order valence-electron chi connectivity index (χ4n) is 5.56. The SMILES string of the molecule is Cc1cc(Nc2cc(C(F)(F)F)ccn2)nc(-c2ccc(NC3CCN(C(=O)c4cccc(C5CCNN5)c4)CC3)nc2)c1. The summed E-state index contributed by atoms with van der Waals surface area (Å²) in [4.78, 5) is 28.3. The van der Waals surface area contributed by atoms with Crippen molar-refractivity contribution < 1.29 is 18.0 Å². The van der Waals surface area contributed by atoms with Gasteiger partial charge in [0.05, 0.1) is 11.3 Å². The number of halogens is 3. The normalized spacial score (nSPS) is 17.5. The van der Waals surface area contributed by atoms with Gasteiger partial charge in [-0.15, -0.1) is 0 Å². The van der Waals surface area contributed by atoms with Crippen molar-refractivity contribution in [2.75, 3.05) is 30.3 Å². The number of anilines is 3. The number of rotatable bonds is 7. The summed E-state index contributed by atoms with van der Waals surface area (Å²) in [5, 5.41) is 6.36. The lowest BCUT2D eigenvalue weighted by Crippen LogP contribution is -2.42. The van der Waals surface area contributed by atoms with E-state index in [4.69, 9.17) is 0 Å². The smallest absolute Gasteiger partial charge is 0.367 e. The van der Waals surface area contributed by atoms with Gasteiger partial charge in [-0.3, -0.25) is 15.6 Å². The number of nitrogens with zero attached hydrogens (tertiary/aromatic N) is 4. The van der Waals surface area contributed by atoms with Crippen molar-refractivity contribution >= 4 is 23.4 Å². The third kappa shape index (κ3) is 6.98. The van der Waals surface area contributed by atoms with E-state index in [2.05, 4.69) is 42.5 Å². The molecule has 1 amide bonds. The molecule has 2 aliphatic rings. The Bertz CT molecular complexity index is 1610. The Hall–Kier alpha value is -4.55. The van der Waals surface area contributed by atoms with Crippen molar-refractivity contribution in [3.05, 3.63) is 95.3 Å². The summed E-state index contributed by atoms with van der Waals surface area (Å²) in [5.74, 6) is 1.22. The van der Waals surface area contributed by atoms with Crippen molar-refractivity contribution in [1.82, 2.24) is 30.7 Å². The van der Waals surface area contributed by atoms with Crippen LogP contribution in [0, 0.1) is 6.92 Å². The zero-order valence-corrected chi connectivity index (χ0v) is 24.2. The molecule has 5 heterocycles. The summed E-state index contributed by atoms with van der Waals surface area (Å²) in [6, 6.07) is 17.6. The minimum absolute atomic E-state index is 0.0572. The standard InChI is InChI=1S/C32H33F3N8O/c1-20-15-27(40-30(16-20)41-29-18-24(7-11-36-29)32(33,34)35)23-5-6-28(37-19-23)39-25-9-13-43(14-10-25)31(44)22-4-2-3-21(17-22)26-8-12-38-42-26/h2-7,11,15-19,25-26,38,42H,8-10,12-14H2,1H3,(H,37,39)(H,36,40,41). The van der Waals surface area contributed by atoms with Crippen molar-refractivity contribution in [2.45, 2.75) is 44.4 Å². The molecule has 6 rings (SSSR count). The Balaban J connectivity index is 1.05. The lowest BCUT2D eigenvalue weighted by Gasteiger charge is -2.33. The molecule has 44 heavy (non-hydrogen) atoms. The number of likely N-dealkylation sites (tertiary alicyclic amines) is 1. The summed E-state index contributed by atoms with van der Waals surface area (Å²) in [5.41, 5.74) is 9.73. The molecule has 1 aromatic carbocycles. The van der Waals surface area contributed by atoms with E-state index >= 15 is 0 Å². The lowest BCUT2D eigenvalue weighted by molar-refractivity contribution is -0.137. The van der Waals surface area contributed by atoms with E-state index in [1.54, 1.807) is 12.3 Å². The van der Waals surface area contributed by atoms with Crippen LogP contribution in [-0.4, -0.2) is 51.4 Å². The average Bonchev–Trinajstić information content (AvgIpc) is 3.57. The molecule has 0 saturated carbocycles. The number of pyridine rings is 3. The molecule has 228 valence electrons. The van der Waals surface area contributed by atoms with Crippen LogP contribution in [0.5, 0.6) is 0 Å². The number of alkyl halides is 3. The number of hydrazine groups is 1. The summed E-state index contributed by atoms with van der Waals surface area (Å²) in [6.45, 7) is 4.11. The third-order valence-electron chi connectivity index (χ3n) is 7.88. The van der Waals surface area contributed by atoms with Crippen molar-refractivity contribution in [1.29, 1.82) is 0 Å². The van der Waals surface area contributed by atoms with E-state index < -0.39 is 11.7 Å². The number of aromatic nitrogens is 3. The number of nitrogens with one attached hydrogen (secondary N) is 4. The topological polar surface area (TPSA) is 107 Å². The van der Waals surface area contributed by atoms with Gasteiger partial charge >= 0.3 is 6.18 Å². The van der Waals surface area contributed by atoms with Gasteiger partial charge in [-0.25, -0.2) is 15.0 Å². The van der Waals surface area contributed by atoms with Crippen LogP contribution in [0.3, 0.4) is 0 Å². The van der Waals surface area contributed by atoms with Gasteiger partial charge in [0.1, 0.15) is 17.5 Å². The molecule has 2 fully saturated rings. The van der Waals surface area contributed by atoms with Gasteiger partial charge in [-0.1, -0.05) is 12.1 Å². The van der Waals surface area contributed by atoms with Crippen LogP contribution in [0.15, 0.2) is 73.1 Å². The van der Waals surface area contributed by atoms with Crippen LogP contribution in [0.1, 0.15) is 52.4 Å². The summed E-state index contributed by atoms with van der Waals surface area (Å²) >= 11 is 0. The Kier molecular flexibility index (Phi) is 8.45. The molecule has 12 heteroatoms. The van der Waals surface area contributed by atoms with Gasteiger partial charge in [-0.2, -0.15) is 13.2 Å². The fraction of sp³-hybridized carbons (Fsp3) is 0.312. The lowest BCUT2D eigenvalue weighted by atomic mass is 10.0. The van der Waals surface area contributed by atoms with Gasteiger partial charge in [0.15, 0.2) is 0 Å². The first kappa shape index (κ1) is 29.5. The van der Waals surface area contributed by atoms with Gasteiger partial charge < -0.3 is 15.5 Å². The van der Waals surface area contributed by atoms with Crippen molar-refractivity contribution in [3.63, 3.8) is 0 Å². The molecule has 0 radical (unpaired) electrons. The number of carbonyl (C=O) groups excluding carboxylic acids is 1. The predicted molar refractivity (Wildman–Crippen MR) is 162 cm³/mol. The molecule has 0 spiro atoms. The Labute approximate surface area is 253 Å². The van der Waals surface area contributed by atoms with Gasteiger partial charge in [-0.05, 0) is 85.8 Å². The number of amides is 1. The molecule has 0 bridgehead atoms. The third-order valence-corrected chi connectivity index (χ3v) is 7.88. The van der Waals surface area contributed by atoms with E-state index in [-0.39, 0.29) is 23.8 Å². The second-order valence-electron chi connectivity index (χ2n) is 11.1. The zero-order chi connectivity index (χ0) is 30.7. The monoisotopic (exact) mass is 602 g/mol. The van der Waals surface area contributed by atoms with Crippen molar-refractivity contribution in [2.24, 2.45) is 0 Å². The van der Waals surface area contributed by atoms with E-state index in [9.17, 15) is 18.0 Å². The minimum atomic E-state index is -4.46. The molecule has 2 saturated heterocycles. The molecular formula is C32H33F3N8O. The maximum atomic E-state index is 13.2. The predicted octanol–water partition coefficient (Wildman–Crippen LogP) is 5.87. The van der Waals surface area contributed by atoms with E-state index in [0.717, 1.165) is 66.6 Å². The molecule has 1 atom stereocenters. The molecular weight excluding hydrogens is 569 g/mol. The van der Waals surface area contributed by atoms with Gasteiger partial charge in [0.2, 0.25) is 0 Å². The number of piperidine rings is 1. The van der Waals surface area contributed by atoms with E-state index in [1.807, 2.05) is 48.2 Å². The number of hydrogen-bond acceptors (Lipinski definition) is 8. The first-order valence-electron chi connectivity index (χ1n) is 14.6. The highest BCUT2D eigenvalue weighted by atomic mass is 19.4. The molecule has 4 N–H and O–H groups in total. The maximum absolute atomic E-state index is 13.2. The van der Waals surface area contributed by atoms with Gasteiger partial charge in [0, 0.05) is 55.2 Å².